The number of carboxylic acid groups (broad SMARTS) is 1. The summed E-state index contributed by atoms with van der Waals surface area (Å²) in [6.07, 6.45) is -4.65. The van der Waals surface area contributed by atoms with Crippen molar-refractivity contribution in [1.29, 1.82) is 0 Å². The van der Waals surface area contributed by atoms with Crippen LogP contribution in [0.1, 0.15) is 71.7 Å². The Hall–Kier alpha value is -3.81. The van der Waals surface area contributed by atoms with Crippen LogP contribution in [0.4, 0.5) is 32.2 Å². The first-order valence-electron chi connectivity index (χ1n) is 13.9. The number of aromatic nitrogens is 2. The van der Waals surface area contributed by atoms with Gasteiger partial charge in [-0.15, -0.1) is 13.2 Å². The number of aromatic carboxylic acids is 1. The van der Waals surface area contributed by atoms with Crippen molar-refractivity contribution in [3.05, 3.63) is 59.0 Å². The normalized spacial score (nSPS) is 23.8. The molecular weight excluding hydrogens is 584 g/mol. The third-order valence-electron chi connectivity index (χ3n) is 8.40. The Kier molecular flexibility index (Phi) is 7.51. The van der Waals surface area contributed by atoms with Crippen LogP contribution >= 0.6 is 0 Å². The van der Waals surface area contributed by atoms with Crippen molar-refractivity contribution in [2.24, 2.45) is 11.8 Å². The Labute approximate surface area is 241 Å². The lowest BCUT2D eigenvalue weighted by Gasteiger charge is -2.36. The topological polar surface area (TPSA) is 107 Å². The predicted octanol–water partition coefficient (Wildman–Crippen LogP) is 7.42. The number of para-hydroxylation sites is 1. The third-order valence-corrected chi connectivity index (χ3v) is 8.40. The quantitative estimate of drug-likeness (QED) is 0.241. The van der Waals surface area contributed by atoms with Gasteiger partial charge in [0.05, 0.1) is 23.8 Å². The van der Waals surface area contributed by atoms with Crippen LogP contribution < -0.4 is 10.1 Å². The van der Waals surface area contributed by atoms with Gasteiger partial charge in [-0.3, -0.25) is 0 Å². The summed E-state index contributed by atoms with van der Waals surface area (Å²) in [5.41, 5.74) is -0.776. The smallest absolute Gasteiger partial charge is 0.478 e. The van der Waals surface area contributed by atoms with Gasteiger partial charge in [0, 0.05) is 29.3 Å². The number of carbonyl (C=O) groups is 1. The first-order chi connectivity index (χ1) is 20.4. The number of hydrogen-bond donors (Lipinski definition) is 2. The van der Waals surface area contributed by atoms with Crippen molar-refractivity contribution >= 4 is 11.8 Å². The van der Waals surface area contributed by atoms with Crippen LogP contribution in [0.25, 0.3) is 11.3 Å². The van der Waals surface area contributed by atoms with Gasteiger partial charge in [-0.2, -0.15) is 13.2 Å². The summed E-state index contributed by atoms with van der Waals surface area (Å²) in [5.74, 6) is -1.66. The minimum Gasteiger partial charge on any atom is -0.478 e. The van der Waals surface area contributed by atoms with Crippen molar-refractivity contribution in [2.45, 2.75) is 75.7 Å². The number of nitrogens with one attached hydrogen (secondary N) is 1. The van der Waals surface area contributed by atoms with E-state index in [-0.39, 0.29) is 47.8 Å². The van der Waals surface area contributed by atoms with Crippen molar-refractivity contribution in [2.75, 3.05) is 5.32 Å². The highest BCUT2D eigenvalue weighted by Gasteiger charge is 2.45. The molecule has 14 heteroatoms. The standard InChI is InChI=1S/C29H27F6N3O5/c30-28(31,32)21-11-17(27(39)40)12-36-26(21)37-23-15-7-8-16(23)10-18(9-15)41-13-20-24(38-43-25(20)14-5-6-14)19-3-1-2-4-22(19)42-29(33,34)35/h1-4,11-12,14-16,18,23H,5-10,13H2,(H,36,37)(H,39,40). The van der Waals surface area contributed by atoms with Crippen molar-refractivity contribution in [1.82, 2.24) is 10.1 Å². The molecule has 0 amide bonds. The SMILES string of the molecule is O=C(O)c1cnc(NC2C3CCC2CC(OCc2c(-c4ccccc4OC(F)(F)F)noc2C2CC2)C3)c(C(F)(F)F)c1. The number of pyridine rings is 1. The summed E-state index contributed by atoms with van der Waals surface area (Å²) in [6.45, 7) is 0.0453. The van der Waals surface area contributed by atoms with E-state index >= 15 is 0 Å². The number of ether oxygens (including phenoxy) is 2. The van der Waals surface area contributed by atoms with E-state index < -0.39 is 41.2 Å². The van der Waals surface area contributed by atoms with Crippen LogP contribution in [-0.2, 0) is 17.5 Å². The number of anilines is 1. The lowest BCUT2D eigenvalue weighted by molar-refractivity contribution is -0.274. The Bertz CT molecular complexity index is 1490. The molecule has 3 saturated carbocycles. The Balaban J connectivity index is 1.18. The summed E-state index contributed by atoms with van der Waals surface area (Å²) >= 11 is 0. The number of benzene rings is 1. The molecule has 0 spiro atoms. The number of fused-ring (bicyclic) bond motifs is 2. The largest absolute Gasteiger partial charge is 0.573 e. The van der Waals surface area contributed by atoms with Crippen LogP contribution in [0.15, 0.2) is 41.1 Å². The summed E-state index contributed by atoms with van der Waals surface area (Å²) < 4.78 is 96.5. The molecule has 1 aromatic carbocycles. The zero-order valence-electron chi connectivity index (χ0n) is 22.5. The van der Waals surface area contributed by atoms with Gasteiger partial charge in [0.1, 0.15) is 23.0 Å². The lowest BCUT2D eigenvalue weighted by Crippen LogP contribution is -2.40. The number of hydrogen-bond acceptors (Lipinski definition) is 7. The Morgan fingerprint density at radius 3 is 2.37 bits per heavy atom. The van der Waals surface area contributed by atoms with Crippen LogP contribution in [0.3, 0.4) is 0 Å². The minimum atomic E-state index is -4.89. The molecule has 8 nitrogen and oxygen atoms in total. The number of alkyl halides is 6. The second-order valence-electron chi connectivity index (χ2n) is 11.3. The monoisotopic (exact) mass is 611 g/mol. The molecule has 0 aliphatic heterocycles. The van der Waals surface area contributed by atoms with Gasteiger partial charge in [0.2, 0.25) is 0 Å². The maximum absolute atomic E-state index is 13.7. The first-order valence-corrected chi connectivity index (χ1v) is 13.9. The maximum Gasteiger partial charge on any atom is 0.573 e. The molecule has 3 aliphatic rings. The van der Waals surface area contributed by atoms with Gasteiger partial charge in [0.15, 0.2) is 0 Å². The highest BCUT2D eigenvalue weighted by atomic mass is 19.4. The molecule has 6 rings (SSSR count). The second kappa shape index (κ2) is 11.0. The van der Waals surface area contributed by atoms with Crippen LogP contribution in [0.2, 0.25) is 0 Å². The summed E-state index contributed by atoms with van der Waals surface area (Å²) in [4.78, 5) is 15.0. The number of carboxylic acids is 1. The molecule has 2 N–H and O–H groups in total. The van der Waals surface area contributed by atoms with E-state index in [1.807, 2.05) is 0 Å². The van der Waals surface area contributed by atoms with E-state index in [0.717, 1.165) is 31.9 Å². The van der Waals surface area contributed by atoms with E-state index in [4.69, 9.17) is 14.4 Å². The summed E-state index contributed by atoms with van der Waals surface area (Å²) in [7, 11) is 0. The highest BCUT2D eigenvalue weighted by Crippen LogP contribution is 2.48. The van der Waals surface area contributed by atoms with Crippen molar-refractivity contribution < 1.29 is 50.2 Å². The van der Waals surface area contributed by atoms with E-state index in [1.165, 1.54) is 18.2 Å². The molecule has 0 radical (unpaired) electrons. The van der Waals surface area contributed by atoms with E-state index in [1.54, 1.807) is 6.07 Å². The zero-order valence-corrected chi connectivity index (χ0v) is 22.5. The molecular formula is C29H27F6N3O5. The molecule has 2 unspecified atom stereocenters. The summed E-state index contributed by atoms with van der Waals surface area (Å²) in [6, 6.07) is 5.97. The van der Waals surface area contributed by atoms with Gasteiger partial charge in [-0.25, -0.2) is 9.78 Å². The fraction of sp³-hybridized carbons (Fsp3) is 0.483. The molecule has 2 heterocycles. The van der Waals surface area contributed by atoms with Gasteiger partial charge in [0.25, 0.3) is 0 Å². The van der Waals surface area contributed by atoms with Gasteiger partial charge in [-0.05, 0) is 68.6 Å². The fourth-order valence-corrected chi connectivity index (χ4v) is 6.33. The van der Waals surface area contributed by atoms with Crippen LogP contribution in [0.5, 0.6) is 5.75 Å². The van der Waals surface area contributed by atoms with E-state index in [0.29, 0.717) is 30.2 Å². The minimum absolute atomic E-state index is 0.0171. The van der Waals surface area contributed by atoms with Crippen molar-refractivity contribution in [3.63, 3.8) is 0 Å². The van der Waals surface area contributed by atoms with E-state index in [2.05, 4.69) is 20.2 Å². The lowest BCUT2D eigenvalue weighted by atomic mass is 9.82. The number of halogens is 6. The molecule has 2 aromatic heterocycles. The van der Waals surface area contributed by atoms with Gasteiger partial charge >= 0.3 is 18.5 Å². The fourth-order valence-electron chi connectivity index (χ4n) is 6.33. The Morgan fingerprint density at radius 2 is 1.74 bits per heavy atom. The molecule has 3 aromatic rings. The van der Waals surface area contributed by atoms with Crippen LogP contribution in [0, 0.1) is 11.8 Å². The summed E-state index contributed by atoms with van der Waals surface area (Å²) in [5, 5.41) is 16.2. The molecule has 2 bridgehead atoms. The average Bonchev–Trinajstić information content (AvgIpc) is 3.65. The highest BCUT2D eigenvalue weighted by molar-refractivity contribution is 5.88. The second-order valence-corrected chi connectivity index (χ2v) is 11.3. The van der Waals surface area contributed by atoms with Crippen LogP contribution in [-0.4, -0.2) is 39.7 Å². The van der Waals surface area contributed by atoms with E-state index in [9.17, 15) is 31.1 Å². The third kappa shape index (κ3) is 6.29. The zero-order chi connectivity index (χ0) is 30.5. The average molecular weight is 612 g/mol. The molecule has 3 aliphatic carbocycles. The molecule has 0 saturated heterocycles. The molecule has 3 fully saturated rings. The molecule has 230 valence electrons. The molecule has 43 heavy (non-hydrogen) atoms. The van der Waals surface area contributed by atoms with Gasteiger partial charge in [-0.1, -0.05) is 17.3 Å². The number of rotatable bonds is 9. The maximum atomic E-state index is 13.7. The Morgan fingerprint density at radius 1 is 1.05 bits per heavy atom. The first kappa shape index (κ1) is 29.3. The van der Waals surface area contributed by atoms with Gasteiger partial charge < -0.3 is 24.4 Å². The predicted molar refractivity (Wildman–Crippen MR) is 138 cm³/mol. The molecule has 2 atom stereocenters. The number of nitrogens with zero attached hydrogens (tertiary/aromatic N) is 2. The van der Waals surface area contributed by atoms with Crippen molar-refractivity contribution in [3.8, 4) is 17.0 Å².